The molecule has 3 unspecified atom stereocenters. The second kappa shape index (κ2) is 38.7. The molecule has 108 heavy (non-hydrogen) atoms. The van der Waals surface area contributed by atoms with Gasteiger partial charge in [0.15, 0.2) is 0 Å². The highest BCUT2D eigenvalue weighted by molar-refractivity contribution is 6.01. The smallest absolute Gasteiger partial charge is 0.381 e. The van der Waals surface area contributed by atoms with Crippen molar-refractivity contribution in [3.63, 3.8) is 0 Å². The molecule has 2 saturated heterocycles. The third-order valence-electron chi connectivity index (χ3n) is 24.3. The van der Waals surface area contributed by atoms with Crippen LogP contribution >= 0.6 is 0 Å². The summed E-state index contributed by atoms with van der Waals surface area (Å²) in [6.07, 6.45) is -0.967. The molecule has 610 valence electrons. The van der Waals surface area contributed by atoms with Crippen LogP contribution in [0.15, 0.2) is 12.2 Å². The van der Waals surface area contributed by atoms with E-state index in [4.69, 9.17) is 14.2 Å². The first-order valence-corrected chi connectivity index (χ1v) is 38.9. The van der Waals surface area contributed by atoms with Crippen molar-refractivity contribution in [2.75, 3.05) is 117 Å². The first-order chi connectivity index (χ1) is 50.9. The quantitative estimate of drug-likeness (QED) is 0.113. The Morgan fingerprint density at radius 1 is 0.676 bits per heavy atom. The molecule has 7 rings (SSSR count). The lowest BCUT2D eigenvalue weighted by atomic mass is 9.73. The zero-order chi connectivity index (χ0) is 80.0. The molecule has 2 N–H and O–H groups in total. The van der Waals surface area contributed by atoms with Crippen LogP contribution in [0.2, 0.25) is 0 Å². The number of rotatable bonds is 16. The van der Waals surface area contributed by atoms with Crippen molar-refractivity contribution in [3.05, 3.63) is 12.2 Å². The van der Waals surface area contributed by atoms with Crippen LogP contribution in [0.4, 0.5) is 22.0 Å². The summed E-state index contributed by atoms with van der Waals surface area (Å²) in [5.74, 6) is -15.5. The van der Waals surface area contributed by atoms with Gasteiger partial charge in [0.1, 0.15) is 53.9 Å². The van der Waals surface area contributed by atoms with Gasteiger partial charge in [-0.05, 0) is 133 Å². The first kappa shape index (κ1) is 88.1. The molecule has 3 heterocycles. The van der Waals surface area contributed by atoms with E-state index in [1.54, 1.807) is 32.9 Å². The standard InChI is InChI=1S/C76H121F5N12O15/c1-15-38-107-46-58-65(97)83-63(47(4)16-2)71(103)86(8)45-62(96)87(9)54-26-19-18-22-37-92(70(54)102)56(39-49-31-35-75(77,78)36-32-49)68(100)85(7)44-60(94)82-53(30-28-48-27-29-52(76(79,80)81)59(40-48)106-14)66(98)93-43-51(108-17-3)41-57(93)69(101)91(13)74(33-23-34-74)73(105)90(12)64(50-24-20-21-25-50)72(104)89(11)55(67(99)84(5)6)42-61(95)88(58)10/h18-19,47-59,63-64H,15-17,20-46H2,1-14H3,(H,82,94)(H,83,97)/b19-18-/t47-,48?,51+,52?,53-,54-,55-,56-,57-,58-,59?,63-,64-/m0/s1. The number of likely N-dealkylation sites (N-methyl/N-ethyl adjacent to an activating group) is 8. The van der Waals surface area contributed by atoms with Gasteiger partial charge in [-0.1, -0.05) is 52.2 Å². The minimum atomic E-state index is -4.55. The van der Waals surface area contributed by atoms with Crippen LogP contribution in [-0.4, -0.2) is 315 Å². The largest absolute Gasteiger partial charge is 0.394 e. The lowest BCUT2D eigenvalue weighted by Gasteiger charge is -2.51. The van der Waals surface area contributed by atoms with Crippen LogP contribution in [0.5, 0.6) is 0 Å². The van der Waals surface area contributed by atoms with Gasteiger partial charge in [-0.2, -0.15) is 13.2 Å². The Kier molecular flexibility index (Phi) is 31.6. The molecule has 1 spiro atoms. The van der Waals surface area contributed by atoms with E-state index in [1.165, 1.54) is 95.0 Å². The van der Waals surface area contributed by atoms with Gasteiger partial charge in [0.05, 0.1) is 44.2 Å². The fourth-order valence-electron chi connectivity index (χ4n) is 17.0. The Labute approximate surface area is 633 Å². The number of carbonyl (C=O) groups excluding carboxylic acids is 12. The summed E-state index contributed by atoms with van der Waals surface area (Å²) in [6.45, 7) is 5.38. The molecular formula is C76H121F5N12O15. The Morgan fingerprint density at radius 3 is 1.93 bits per heavy atom. The number of carbonyl (C=O) groups is 12. The highest BCUT2D eigenvalue weighted by Crippen LogP contribution is 2.45. The summed E-state index contributed by atoms with van der Waals surface area (Å²) >= 11 is 0. The average molecular weight is 1540 g/mol. The molecule has 6 fully saturated rings. The van der Waals surface area contributed by atoms with E-state index < -0.39 is 211 Å². The van der Waals surface area contributed by atoms with Crippen LogP contribution < -0.4 is 10.6 Å². The summed E-state index contributed by atoms with van der Waals surface area (Å²) in [5.41, 5.74) is -1.59. The number of nitrogens with one attached hydrogen (secondary N) is 2. The number of methoxy groups -OCH3 is 1. The first-order valence-electron chi connectivity index (χ1n) is 38.9. The Morgan fingerprint density at radius 2 is 1.33 bits per heavy atom. The van der Waals surface area contributed by atoms with Crippen LogP contribution in [0, 0.1) is 29.6 Å². The van der Waals surface area contributed by atoms with Gasteiger partial charge < -0.3 is 73.8 Å². The minimum absolute atomic E-state index is 0.00822. The maximum Gasteiger partial charge on any atom is 0.394 e. The molecule has 3 aliphatic heterocycles. The van der Waals surface area contributed by atoms with Gasteiger partial charge in [0, 0.05) is 116 Å². The van der Waals surface area contributed by atoms with E-state index in [2.05, 4.69) is 10.6 Å². The Balaban J connectivity index is 1.33. The molecule has 0 radical (unpaired) electrons. The molecular weight excluding hydrogens is 1420 g/mol. The van der Waals surface area contributed by atoms with Gasteiger partial charge in [-0.3, -0.25) is 57.5 Å². The molecule has 13 atom stereocenters. The van der Waals surface area contributed by atoms with Gasteiger partial charge in [0.25, 0.3) is 0 Å². The van der Waals surface area contributed by atoms with E-state index in [0.29, 0.717) is 44.9 Å². The van der Waals surface area contributed by atoms with Crippen molar-refractivity contribution >= 4 is 70.9 Å². The molecule has 4 aliphatic carbocycles. The van der Waals surface area contributed by atoms with Crippen molar-refractivity contribution in [2.45, 2.75) is 254 Å². The predicted octanol–water partition coefficient (Wildman–Crippen LogP) is 5.26. The van der Waals surface area contributed by atoms with Crippen LogP contribution in [-0.2, 0) is 71.7 Å². The van der Waals surface area contributed by atoms with Crippen molar-refractivity contribution in [1.29, 1.82) is 0 Å². The van der Waals surface area contributed by atoms with Crippen LogP contribution in [0.1, 0.15) is 175 Å². The second-order valence-electron chi connectivity index (χ2n) is 31.7. The van der Waals surface area contributed by atoms with Gasteiger partial charge >= 0.3 is 6.18 Å². The lowest BCUT2D eigenvalue weighted by molar-refractivity contribution is -0.215. The van der Waals surface area contributed by atoms with Gasteiger partial charge in [-0.15, -0.1) is 0 Å². The molecule has 12 amide bonds. The molecule has 4 saturated carbocycles. The number of hydrogen-bond acceptors (Lipinski definition) is 15. The second-order valence-corrected chi connectivity index (χ2v) is 31.7. The number of halogens is 5. The predicted molar refractivity (Wildman–Crippen MR) is 388 cm³/mol. The fourth-order valence-corrected chi connectivity index (χ4v) is 17.0. The van der Waals surface area contributed by atoms with Crippen molar-refractivity contribution < 1.29 is 93.7 Å². The van der Waals surface area contributed by atoms with Crippen LogP contribution in [0.3, 0.4) is 0 Å². The molecule has 27 nitrogen and oxygen atoms in total. The Bertz CT molecular complexity index is 3200. The van der Waals surface area contributed by atoms with Gasteiger partial charge in [0.2, 0.25) is 76.8 Å². The summed E-state index contributed by atoms with van der Waals surface area (Å²) in [7, 11) is 13.8. The van der Waals surface area contributed by atoms with E-state index in [9.17, 15) is 50.7 Å². The average Bonchev–Trinajstić information content (AvgIpc) is 1.00. The highest BCUT2D eigenvalue weighted by Gasteiger charge is 2.57. The molecule has 0 aromatic rings. The van der Waals surface area contributed by atoms with E-state index in [1.807, 2.05) is 6.92 Å². The SMILES string of the molecule is CCCOC[C@H]1C(=O)N[C@@H]([C@@H](C)CC)C(=O)N(C)CC(=O)N(C)[C@H]2C/C=C\CCN(C2=O)[C@@H](CC2CCC(F)(F)CC2)C(=O)N(C)CC(=O)N[C@@H](CCC2CCC(C(F)(F)F)C(OC)C2)C(=O)N2C[C@H](OCC)C[C@H]2C(=O)N(C)C2(CCC2)C(=O)N(C)[C@@H](C2CCCC2)C(=O)N(C)[C@H](C(=O)N(C)C)CC(=O)N1C. The third-order valence-corrected chi connectivity index (χ3v) is 24.3. The lowest BCUT2D eigenvalue weighted by Crippen LogP contribution is -2.68. The molecule has 0 aromatic heterocycles. The number of fused-ring (bicyclic) bond motifs is 3. The Hall–Kier alpha value is -7.09. The molecule has 2 bridgehead atoms. The molecule has 0 aromatic carbocycles. The number of ether oxygens (including phenoxy) is 3. The zero-order valence-corrected chi connectivity index (χ0v) is 66.0. The van der Waals surface area contributed by atoms with E-state index in [0.717, 1.165) is 24.5 Å². The van der Waals surface area contributed by atoms with E-state index in [-0.39, 0.29) is 116 Å². The third kappa shape index (κ3) is 21.1. The molecule has 7 aliphatic rings. The van der Waals surface area contributed by atoms with Gasteiger partial charge in [-0.25, -0.2) is 8.78 Å². The highest BCUT2D eigenvalue weighted by atomic mass is 19.4. The van der Waals surface area contributed by atoms with Crippen LogP contribution in [0.25, 0.3) is 0 Å². The fraction of sp³-hybridized carbons (Fsp3) is 0.816. The monoisotopic (exact) mass is 1540 g/mol. The van der Waals surface area contributed by atoms with Crippen molar-refractivity contribution in [2.24, 2.45) is 29.6 Å². The summed E-state index contributed by atoms with van der Waals surface area (Å²) in [4.78, 5) is 194. The van der Waals surface area contributed by atoms with E-state index >= 15 is 28.8 Å². The number of hydrogen-bond donors (Lipinski definition) is 2. The maximum atomic E-state index is 15.8. The number of alkyl halides is 5. The summed E-state index contributed by atoms with van der Waals surface area (Å²) in [6, 6.07) is -11.0. The zero-order valence-electron chi connectivity index (χ0n) is 66.0. The normalized spacial score (nSPS) is 30.5. The van der Waals surface area contributed by atoms with Crippen molar-refractivity contribution in [3.8, 4) is 0 Å². The molecule has 32 heteroatoms. The maximum absolute atomic E-state index is 15.8. The summed E-state index contributed by atoms with van der Waals surface area (Å²) in [5, 5.41) is 5.64. The topological polar surface area (TPSA) is 289 Å². The van der Waals surface area contributed by atoms with Crippen molar-refractivity contribution in [1.82, 2.24) is 59.6 Å². The number of nitrogens with zero attached hydrogens (tertiary/aromatic N) is 10. The summed E-state index contributed by atoms with van der Waals surface area (Å²) < 4.78 is 90.1. The minimum Gasteiger partial charge on any atom is -0.381 e. The number of amides is 12.